The maximum atomic E-state index is 11.4. The molecule has 12 heteroatoms. The average molecular weight is 407 g/mol. The number of aldehydes is 1. The fraction of sp³-hybridized carbons (Fsp3) is 0.688. The number of carboxylic acids is 3. The number of nitrogens with zero attached hydrogens (tertiary/aromatic N) is 3. The number of carboxylic acid groups (broad SMARTS) is 3. The highest BCUT2D eigenvalue weighted by Gasteiger charge is 2.17. The number of ketones is 1. The molecule has 0 heterocycles. The van der Waals surface area contributed by atoms with Crippen LogP contribution in [0.25, 0.3) is 0 Å². The smallest absolute Gasteiger partial charge is 0.317 e. The third kappa shape index (κ3) is 17.0. The minimum atomic E-state index is -1.16. The molecule has 0 saturated heterocycles. The van der Waals surface area contributed by atoms with Crippen LogP contribution in [-0.4, -0.2) is 131 Å². The Morgan fingerprint density at radius 2 is 1.04 bits per heavy atom. The van der Waals surface area contributed by atoms with Gasteiger partial charge in [0.25, 0.3) is 0 Å². The van der Waals surface area contributed by atoms with E-state index in [1.54, 1.807) is 4.90 Å². The SMILES string of the molecule is CC(=O)CN(CCN(CC=O)CC(=O)O)CCN(CC(=O)O)CC(=O)O.CO. The lowest BCUT2D eigenvalue weighted by Crippen LogP contribution is -2.44. The topological polar surface area (TPSA) is 176 Å². The van der Waals surface area contributed by atoms with Gasteiger partial charge in [0, 0.05) is 33.3 Å². The average Bonchev–Trinajstić information content (AvgIpc) is 2.57. The van der Waals surface area contributed by atoms with E-state index in [1.807, 2.05) is 0 Å². The van der Waals surface area contributed by atoms with Crippen LogP contribution in [0.3, 0.4) is 0 Å². The largest absolute Gasteiger partial charge is 0.480 e. The van der Waals surface area contributed by atoms with Gasteiger partial charge in [-0.2, -0.15) is 0 Å². The second-order valence-electron chi connectivity index (χ2n) is 5.77. The number of carbonyl (C=O) groups is 5. The lowest BCUT2D eigenvalue weighted by atomic mass is 10.3. The van der Waals surface area contributed by atoms with Crippen LogP contribution >= 0.6 is 0 Å². The van der Waals surface area contributed by atoms with Gasteiger partial charge in [0.15, 0.2) is 0 Å². The minimum Gasteiger partial charge on any atom is -0.480 e. The second kappa shape index (κ2) is 16.7. The van der Waals surface area contributed by atoms with Crippen molar-refractivity contribution in [2.24, 2.45) is 0 Å². The summed E-state index contributed by atoms with van der Waals surface area (Å²) in [7, 11) is 1.00. The van der Waals surface area contributed by atoms with E-state index in [9.17, 15) is 24.0 Å². The van der Waals surface area contributed by atoms with E-state index in [4.69, 9.17) is 20.4 Å². The van der Waals surface area contributed by atoms with Gasteiger partial charge in [0.2, 0.25) is 0 Å². The Morgan fingerprint density at radius 3 is 1.39 bits per heavy atom. The number of rotatable bonds is 16. The van der Waals surface area contributed by atoms with Gasteiger partial charge in [-0.1, -0.05) is 0 Å². The minimum absolute atomic E-state index is 0.0516. The number of hydrogen-bond acceptors (Lipinski definition) is 9. The predicted molar refractivity (Wildman–Crippen MR) is 97.1 cm³/mol. The van der Waals surface area contributed by atoms with Crippen molar-refractivity contribution in [2.75, 3.05) is 66.0 Å². The molecule has 0 fully saturated rings. The van der Waals surface area contributed by atoms with Gasteiger partial charge in [-0.3, -0.25) is 33.9 Å². The summed E-state index contributed by atoms with van der Waals surface area (Å²) in [6.07, 6.45) is 0.583. The Bertz CT molecular complexity index is 498. The first kappa shape index (κ1) is 27.8. The first-order valence-corrected chi connectivity index (χ1v) is 8.34. The molecule has 0 aromatic heterocycles. The van der Waals surface area contributed by atoms with Crippen molar-refractivity contribution < 1.29 is 44.4 Å². The zero-order chi connectivity index (χ0) is 22.1. The Morgan fingerprint density at radius 1 is 0.679 bits per heavy atom. The molecule has 0 aromatic rings. The molecular weight excluding hydrogens is 378 g/mol. The van der Waals surface area contributed by atoms with Crippen LogP contribution in [-0.2, 0) is 24.0 Å². The molecule has 0 aliphatic heterocycles. The van der Waals surface area contributed by atoms with Gasteiger partial charge in [-0.15, -0.1) is 0 Å². The van der Waals surface area contributed by atoms with Crippen molar-refractivity contribution in [1.82, 2.24) is 14.7 Å². The van der Waals surface area contributed by atoms with E-state index < -0.39 is 31.0 Å². The molecule has 0 unspecified atom stereocenters. The van der Waals surface area contributed by atoms with Crippen LogP contribution in [0.4, 0.5) is 0 Å². The molecule has 28 heavy (non-hydrogen) atoms. The van der Waals surface area contributed by atoms with Gasteiger partial charge in [-0.05, 0) is 6.92 Å². The van der Waals surface area contributed by atoms with Crippen LogP contribution in [0.5, 0.6) is 0 Å². The quantitative estimate of drug-likeness (QED) is 0.199. The summed E-state index contributed by atoms with van der Waals surface area (Å²) in [5.41, 5.74) is 0. The highest BCUT2D eigenvalue weighted by Crippen LogP contribution is 1.97. The molecule has 0 radical (unpaired) electrons. The summed E-state index contributed by atoms with van der Waals surface area (Å²) in [5.74, 6) is -3.56. The summed E-state index contributed by atoms with van der Waals surface area (Å²) in [5, 5.41) is 33.5. The zero-order valence-corrected chi connectivity index (χ0v) is 16.1. The standard InChI is InChI=1S/C15H25N3O8.CH4O/c1-12(20)8-16(2-3-17(6-7-19)9-13(21)22)4-5-18(10-14(23)24)11-15(25)26;1-2/h7H,2-6,8-11H2,1H3,(H,21,22)(H,23,24)(H,25,26);2H,1H3. The molecule has 0 bridgehead atoms. The maximum absolute atomic E-state index is 11.4. The molecule has 0 spiro atoms. The van der Waals surface area contributed by atoms with Crippen LogP contribution in [0.2, 0.25) is 0 Å². The molecule has 0 saturated carbocycles. The van der Waals surface area contributed by atoms with Crippen molar-refractivity contribution in [3.8, 4) is 0 Å². The first-order chi connectivity index (χ1) is 13.1. The highest BCUT2D eigenvalue weighted by atomic mass is 16.4. The lowest BCUT2D eigenvalue weighted by Gasteiger charge is -2.27. The molecule has 0 aromatic carbocycles. The van der Waals surface area contributed by atoms with Crippen LogP contribution in [0.1, 0.15) is 6.92 Å². The summed E-state index contributed by atoms with van der Waals surface area (Å²) in [6, 6.07) is 0. The zero-order valence-electron chi connectivity index (χ0n) is 16.1. The molecule has 0 aliphatic rings. The molecule has 162 valence electrons. The van der Waals surface area contributed by atoms with Crippen LogP contribution in [0, 0.1) is 0 Å². The number of hydrogen-bond donors (Lipinski definition) is 4. The van der Waals surface area contributed by atoms with Crippen molar-refractivity contribution in [2.45, 2.75) is 6.92 Å². The van der Waals surface area contributed by atoms with Crippen molar-refractivity contribution >= 4 is 30.0 Å². The van der Waals surface area contributed by atoms with E-state index in [0.717, 1.165) is 7.11 Å². The number of aliphatic hydroxyl groups is 1. The van der Waals surface area contributed by atoms with Gasteiger partial charge in [-0.25, -0.2) is 0 Å². The Labute approximate surface area is 162 Å². The first-order valence-electron chi connectivity index (χ1n) is 8.34. The third-order valence-electron chi connectivity index (χ3n) is 3.32. The van der Waals surface area contributed by atoms with Crippen molar-refractivity contribution in [3.63, 3.8) is 0 Å². The third-order valence-corrected chi connectivity index (χ3v) is 3.32. The summed E-state index contributed by atoms with van der Waals surface area (Å²) in [4.78, 5) is 58.7. The molecule has 0 atom stereocenters. The predicted octanol–water partition coefficient (Wildman–Crippen LogP) is -2.46. The van der Waals surface area contributed by atoms with Gasteiger partial charge < -0.3 is 25.2 Å². The fourth-order valence-corrected chi connectivity index (χ4v) is 2.28. The van der Waals surface area contributed by atoms with Gasteiger partial charge >= 0.3 is 17.9 Å². The Balaban J connectivity index is 0. The molecule has 0 aliphatic carbocycles. The summed E-state index contributed by atoms with van der Waals surface area (Å²) in [6.45, 7) is 0.968. The molecule has 0 amide bonds. The van der Waals surface area contributed by atoms with E-state index in [-0.39, 0.29) is 51.6 Å². The number of aliphatic carboxylic acids is 3. The molecule has 12 nitrogen and oxygen atoms in total. The number of carbonyl (C=O) groups excluding carboxylic acids is 2. The normalized spacial score (nSPS) is 10.5. The van der Waals surface area contributed by atoms with E-state index in [1.165, 1.54) is 16.7 Å². The number of Topliss-reactive ketones (excluding diaryl/α,β-unsaturated/α-hetero) is 1. The fourth-order valence-electron chi connectivity index (χ4n) is 2.28. The molecular formula is C16H29N3O9. The molecule has 0 rings (SSSR count). The van der Waals surface area contributed by atoms with E-state index >= 15 is 0 Å². The lowest BCUT2D eigenvalue weighted by molar-refractivity contribution is -0.142. The van der Waals surface area contributed by atoms with Gasteiger partial charge in [0.1, 0.15) is 12.1 Å². The second-order valence-corrected chi connectivity index (χ2v) is 5.77. The van der Waals surface area contributed by atoms with Crippen LogP contribution in [0.15, 0.2) is 0 Å². The summed E-state index contributed by atoms with van der Waals surface area (Å²) < 4.78 is 0. The van der Waals surface area contributed by atoms with E-state index in [2.05, 4.69) is 0 Å². The number of aliphatic hydroxyl groups excluding tert-OH is 1. The van der Waals surface area contributed by atoms with E-state index in [0.29, 0.717) is 6.29 Å². The van der Waals surface area contributed by atoms with Crippen molar-refractivity contribution in [1.29, 1.82) is 0 Å². The van der Waals surface area contributed by atoms with Crippen molar-refractivity contribution in [3.05, 3.63) is 0 Å². The maximum Gasteiger partial charge on any atom is 0.317 e. The highest BCUT2D eigenvalue weighted by molar-refractivity contribution is 5.77. The Hall–Kier alpha value is -2.41. The van der Waals surface area contributed by atoms with Crippen LogP contribution < -0.4 is 0 Å². The Kier molecular flexibility index (Phi) is 16.6. The molecule has 4 N–H and O–H groups in total. The van der Waals surface area contributed by atoms with Gasteiger partial charge in [0.05, 0.1) is 32.7 Å². The summed E-state index contributed by atoms with van der Waals surface area (Å²) >= 11 is 0. The monoisotopic (exact) mass is 407 g/mol.